The van der Waals surface area contributed by atoms with Gasteiger partial charge in [-0.1, -0.05) is 6.07 Å². The summed E-state index contributed by atoms with van der Waals surface area (Å²) in [6.45, 7) is 2.99. The molecule has 3 aromatic heterocycles. The number of pyridine rings is 1. The maximum Gasteiger partial charge on any atom is 0.138 e. The number of hydrogen-bond acceptors (Lipinski definition) is 5. The molecule has 0 saturated carbocycles. The summed E-state index contributed by atoms with van der Waals surface area (Å²) in [6, 6.07) is 8.45. The van der Waals surface area contributed by atoms with Crippen molar-refractivity contribution < 1.29 is 0 Å². The van der Waals surface area contributed by atoms with Crippen molar-refractivity contribution in [1.82, 2.24) is 24.5 Å². The molecule has 1 atom stereocenters. The van der Waals surface area contributed by atoms with Crippen molar-refractivity contribution in [2.24, 2.45) is 0 Å². The third kappa shape index (κ3) is 2.67. The van der Waals surface area contributed by atoms with Gasteiger partial charge in [0.2, 0.25) is 0 Å². The van der Waals surface area contributed by atoms with E-state index in [1.165, 1.54) is 0 Å². The van der Waals surface area contributed by atoms with Gasteiger partial charge < -0.3 is 4.90 Å². The van der Waals surface area contributed by atoms with Gasteiger partial charge in [0.25, 0.3) is 0 Å². The molecule has 1 saturated heterocycles. The first-order chi connectivity index (χ1) is 11.3. The standard InChI is InChI=1S/C17H18N6/c1-13-10-17(20-11-19-13)23-8-3-5-15(23)14-4-2-6-16(21-14)22-9-7-18-12-22/h2,4,6-7,9-12,15H,3,5,8H2,1H3/t15-/m0/s1. The smallest absolute Gasteiger partial charge is 0.138 e. The summed E-state index contributed by atoms with van der Waals surface area (Å²) in [5, 5.41) is 0. The molecular formula is C17H18N6. The van der Waals surface area contributed by atoms with Gasteiger partial charge in [-0.25, -0.2) is 19.9 Å². The van der Waals surface area contributed by atoms with Crippen LogP contribution in [0.25, 0.3) is 5.82 Å². The summed E-state index contributed by atoms with van der Waals surface area (Å²) >= 11 is 0. The molecule has 0 N–H and O–H groups in total. The number of nitrogens with zero attached hydrogens (tertiary/aromatic N) is 6. The fraction of sp³-hybridized carbons (Fsp3) is 0.294. The van der Waals surface area contributed by atoms with Gasteiger partial charge in [0, 0.05) is 30.7 Å². The van der Waals surface area contributed by atoms with Crippen molar-refractivity contribution in [2.45, 2.75) is 25.8 Å². The molecule has 23 heavy (non-hydrogen) atoms. The Morgan fingerprint density at radius 1 is 1.17 bits per heavy atom. The van der Waals surface area contributed by atoms with Crippen LogP contribution in [0, 0.1) is 6.92 Å². The predicted molar refractivity (Wildman–Crippen MR) is 87.4 cm³/mol. The molecule has 1 aliphatic rings. The zero-order chi connectivity index (χ0) is 15.6. The number of anilines is 1. The zero-order valence-electron chi connectivity index (χ0n) is 13.0. The molecule has 0 aliphatic carbocycles. The average molecular weight is 306 g/mol. The van der Waals surface area contributed by atoms with Gasteiger partial charge in [-0.2, -0.15) is 0 Å². The van der Waals surface area contributed by atoms with Crippen molar-refractivity contribution in [3.63, 3.8) is 0 Å². The second-order valence-electron chi connectivity index (χ2n) is 5.76. The maximum atomic E-state index is 4.83. The van der Waals surface area contributed by atoms with E-state index in [2.05, 4.69) is 32.0 Å². The van der Waals surface area contributed by atoms with Crippen LogP contribution in [0.15, 0.2) is 49.3 Å². The number of rotatable bonds is 3. The molecule has 0 spiro atoms. The normalized spacial score (nSPS) is 17.6. The summed E-state index contributed by atoms with van der Waals surface area (Å²) in [6.07, 6.45) is 9.31. The Hall–Kier alpha value is -2.76. The Balaban J connectivity index is 1.68. The summed E-state index contributed by atoms with van der Waals surface area (Å²) in [7, 11) is 0. The second kappa shape index (κ2) is 5.79. The molecule has 0 amide bonds. The first-order valence-electron chi connectivity index (χ1n) is 7.82. The van der Waals surface area contributed by atoms with Crippen molar-refractivity contribution in [3.8, 4) is 5.82 Å². The Kier molecular flexibility index (Phi) is 3.49. The van der Waals surface area contributed by atoms with Gasteiger partial charge in [-0.15, -0.1) is 0 Å². The summed E-state index contributed by atoms with van der Waals surface area (Å²) in [4.78, 5) is 19.9. The molecule has 0 radical (unpaired) electrons. The minimum Gasteiger partial charge on any atom is -0.348 e. The summed E-state index contributed by atoms with van der Waals surface area (Å²) in [5.41, 5.74) is 2.06. The highest BCUT2D eigenvalue weighted by molar-refractivity contribution is 5.43. The van der Waals surface area contributed by atoms with Crippen LogP contribution in [0.3, 0.4) is 0 Å². The molecule has 0 bridgehead atoms. The van der Waals surface area contributed by atoms with Crippen LogP contribution in [-0.2, 0) is 0 Å². The molecule has 3 aromatic rings. The lowest BCUT2D eigenvalue weighted by Crippen LogP contribution is -2.24. The highest BCUT2D eigenvalue weighted by atomic mass is 15.2. The van der Waals surface area contributed by atoms with E-state index in [0.717, 1.165) is 42.4 Å². The third-order valence-electron chi connectivity index (χ3n) is 4.20. The molecule has 116 valence electrons. The first kappa shape index (κ1) is 13.9. The largest absolute Gasteiger partial charge is 0.348 e. The average Bonchev–Trinajstić information content (AvgIpc) is 3.27. The molecule has 6 nitrogen and oxygen atoms in total. The molecular weight excluding hydrogens is 288 g/mol. The molecule has 0 aromatic carbocycles. The van der Waals surface area contributed by atoms with Gasteiger partial charge in [0.1, 0.15) is 24.3 Å². The van der Waals surface area contributed by atoms with Crippen molar-refractivity contribution in [2.75, 3.05) is 11.4 Å². The quantitative estimate of drug-likeness (QED) is 0.744. The second-order valence-corrected chi connectivity index (χ2v) is 5.76. The van der Waals surface area contributed by atoms with Crippen LogP contribution in [0.1, 0.15) is 30.3 Å². The summed E-state index contributed by atoms with van der Waals surface area (Å²) < 4.78 is 1.93. The van der Waals surface area contributed by atoms with Crippen LogP contribution in [0.2, 0.25) is 0 Å². The van der Waals surface area contributed by atoms with Crippen LogP contribution in [0.4, 0.5) is 5.82 Å². The third-order valence-corrected chi connectivity index (χ3v) is 4.20. The highest BCUT2D eigenvalue weighted by Gasteiger charge is 2.28. The number of aryl methyl sites for hydroxylation is 1. The Morgan fingerprint density at radius 3 is 2.96 bits per heavy atom. The number of imidazole rings is 1. The topological polar surface area (TPSA) is 59.7 Å². The molecule has 4 rings (SSSR count). The fourth-order valence-corrected chi connectivity index (χ4v) is 3.11. The SMILES string of the molecule is Cc1cc(N2CCC[C@H]2c2cccc(-n3ccnc3)n2)ncn1. The maximum absolute atomic E-state index is 4.83. The number of aromatic nitrogens is 5. The van der Waals surface area contributed by atoms with Gasteiger partial charge in [-0.05, 0) is 31.9 Å². The zero-order valence-corrected chi connectivity index (χ0v) is 13.0. The first-order valence-corrected chi connectivity index (χ1v) is 7.82. The molecule has 0 unspecified atom stereocenters. The van der Waals surface area contributed by atoms with Gasteiger partial charge in [0.05, 0.1) is 11.7 Å². The Morgan fingerprint density at radius 2 is 2.13 bits per heavy atom. The van der Waals surface area contributed by atoms with E-state index in [-0.39, 0.29) is 6.04 Å². The van der Waals surface area contributed by atoms with E-state index < -0.39 is 0 Å². The van der Waals surface area contributed by atoms with Gasteiger partial charge in [0.15, 0.2) is 0 Å². The minimum absolute atomic E-state index is 0.257. The van der Waals surface area contributed by atoms with Gasteiger partial charge >= 0.3 is 0 Å². The van der Waals surface area contributed by atoms with Crippen molar-refractivity contribution in [1.29, 1.82) is 0 Å². The van der Waals surface area contributed by atoms with E-state index in [1.807, 2.05) is 29.8 Å². The van der Waals surface area contributed by atoms with E-state index >= 15 is 0 Å². The van der Waals surface area contributed by atoms with Gasteiger partial charge in [-0.3, -0.25) is 4.57 Å². The van der Waals surface area contributed by atoms with Crippen LogP contribution in [-0.4, -0.2) is 31.0 Å². The van der Waals surface area contributed by atoms with Crippen molar-refractivity contribution >= 4 is 5.82 Å². The van der Waals surface area contributed by atoms with Crippen LogP contribution >= 0.6 is 0 Å². The van der Waals surface area contributed by atoms with Crippen molar-refractivity contribution in [3.05, 3.63) is 60.7 Å². The monoisotopic (exact) mass is 306 g/mol. The van der Waals surface area contributed by atoms with E-state index in [9.17, 15) is 0 Å². The molecule has 1 fully saturated rings. The Labute approximate surface area is 134 Å². The lowest BCUT2D eigenvalue weighted by Gasteiger charge is -2.25. The van der Waals surface area contributed by atoms with E-state index in [4.69, 9.17) is 4.98 Å². The van der Waals surface area contributed by atoms with E-state index in [0.29, 0.717) is 0 Å². The Bertz CT molecular complexity index is 798. The van der Waals surface area contributed by atoms with Crippen LogP contribution < -0.4 is 4.90 Å². The predicted octanol–water partition coefficient (Wildman–Crippen LogP) is 2.71. The highest BCUT2D eigenvalue weighted by Crippen LogP contribution is 2.34. The molecule has 1 aliphatic heterocycles. The fourth-order valence-electron chi connectivity index (χ4n) is 3.11. The molecule has 4 heterocycles. The minimum atomic E-state index is 0.257. The summed E-state index contributed by atoms with van der Waals surface area (Å²) in [5.74, 6) is 1.88. The molecule has 6 heteroatoms. The lowest BCUT2D eigenvalue weighted by molar-refractivity contribution is 0.683. The van der Waals surface area contributed by atoms with Crippen LogP contribution in [0.5, 0.6) is 0 Å². The number of hydrogen-bond donors (Lipinski definition) is 0. The lowest BCUT2D eigenvalue weighted by atomic mass is 10.1. The van der Waals surface area contributed by atoms with E-state index in [1.54, 1.807) is 18.9 Å².